The summed E-state index contributed by atoms with van der Waals surface area (Å²) < 4.78 is 1.46. The summed E-state index contributed by atoms with van der Waals surface area (Å²) in [6.07, 6.45) is 0.507. The zero-order chi connectivity index (χ0) is 11.0. The Morgan fingerprint density at radius 1 is 1.53 bits per heavy atom. The van der Waals surface area contributed by atoms with Gasteiger partial charge in [0.2, 0.25) is 6.29 Å². The first-order chi connectivity index (χ1) is 7.15. The minimum Gasteiger partial charge on any atom is -0.358 e. The molecular weight excluding hydrogens is 198 g/mol. The number of hydrogen-bond donors (Lipinski definition) is 0. The van der Waals surface area contributed by atoms with Crippen LogP contribution in [0, 0.1) is 17.0 Å². The molecule has 0 bridgehead atoms. The molecule has 2 aromatic heterocycles. The summed E-state index contributed by atoms with van der Waals surface area (Å²) in [4.78, 5) is 24.4. The van der Waals surface area contributed by atoms with Crippen molar-refractivity contribution in [2.75, 3.05) is 0 Å². The number of pyridine rings is 1. The van der Waals surface area contributed by atoms with Gasteiger partial charge in [0.15, 0.2) is 0 Å². The van der Waals surface area contributed by atoms with Crippen LogP contribution in [0.15, 0.2) is 18.2 Å². The van der Waals surface area contributed by atoms with Gasteiger partial charge in [-0.1, -0.05) is 6.07 Å². The van der Waals surface area contributed by atoms with Crippen LogP contribution in [0.3, 0.4) is 0 Å². The van der Waals surface area contributed by atoms with E-state index in [1.807, 2.05) is 0 Å². The quantitative estimate of drug-likeness (QED) is 0.421. The van der Waals surface area contributed by atoms with Crippen molar-refractivity contribution < 1.29 is 9.72 Å². The van der Waals surface area contributed by atoms with Crippen molar-refractivity contribution in [3.63, 3.8) is 0 Å². The van der Waals surface area contributed by atoms with Crippen LogP contribution < -0.4 is 0 Å². The molecule has 6 nitrogen and oxygen atoms in total. The Labute approximate surface area is 84.3 Å². The van der Waals surface area contributed by atoms with Crippen LogP contribution >= 0.6 is 0 Å². The zero-order valence-electron chi connectivity index (χ0n) is 7.88. The van der Waals surface area contributed by atoms with Gasteiger partial charge < -0.3 is 10.1 Å². The first-order valence-corrected chi connectivity index (χ1v) is 4.23. The second-order valence-corrected chi connectivity index (χ2v) is 3.06. The van der Waals surface area contributed by atoms with Gasteiger partial charge in [-0.05, 0) is 29.0 Å². The third kappa shape index (κ3) is 1.26. The molecule has 0 saturated heterocycles. The monoisotopic (exact) mass is 205 g/mol. The molecule has 0 N–H and O–H groups in total. The molecule has 0 unspecified atom stereocenters. The van der Waals surface area contributed by atoms with Crippen LogP contribution in [0.2, 0.25) is 0 Å². The maximum absolute atomic E-state index is 10.7. The number of imidazole rings is 1. The molecule has 0 aliphatic heterocycles. The second kappa shape index (κ2) is 3.16. The predicted octanol–water partition coefficient (Wildman–Crippen LogP) is 1.36. The lowest BCUT2D eigenvalue weighted by Crippen LogP contribution is -1.95. The van der Waals surface area contributed by atoms with Crippen LogP contribution in [0.1, 0.15) is 16.3 Å². The standard InChI is InChI=1S/C9H7N3O3/c1-6-3-2-4-7-9(12(14)15)10-8(5-13)11(6)7/h2-5H,1H3. The van der Waals surface area contributed by atoms with E-state index in [-0.39, 0.29) is 11.6 Å². The highest BCUT2D eigenvalue weighted by Crippen LogP contribution is 2.20. The van der Waals surface area contributed by atoms with E-state index < -0.39 is 4.92 Å². The maximum atomic E-state index is 10.7. The summed E-state index contributed by atoms with van der Waals surface area (Å²) in [5, 5.41) is 10.7. The smallest absolute Gasteiger partial charge is 0.358 e. The van der Waals surface area contributed by atoms with Gasteiger partial charge in [-0.3, -0.25) is 9.20 Å². The minimum atomic E-state index is -0.595. The Bertz CT molecular complexity index is 559. The van der Waals surface area contributed by atoms with Crippen molar-refractivity contribution in [2.24, 2.45) is 0 Å². The normalized spacial score (nSPS) is 10.5. The van der Waals surface area contributed by atoms with Crippen molar-refractivity contribution in [1.29, 1.82) is 0 Å². The van der Waals surface area contributed by atoms with E-state index in [2.05, 4.69) is 4.98 Å². The van der Waals surface area contributed by atoms with Gasteiger partial charge in [-0.25, -0.2) is 0 Å². The van der Waals surface area contributed by atoms with Gasteiger partial charge >= 0.3 is 5.82 Å². The molecule has 2 rings (SSSR count). The SMILES string of the molecule is Cc1cccc2c([N+](=O)[O-])nc(C=O)n12. The molecule has 0 aliphatic rings. The van der Waals surface area contributed by atoms with E-state index >= 15 is 0 Å². The van der Waals surface area contributed by atoms with Crippen molar-refractivity contribution in [3.8, 4) is 0 Å². The molecule has 0 aliphatic carbocycles. The second-order valence-electron chi connectivity index (χ2n) is 3.06. The molecule has 2 aromatic rings. The largest absolute Gasteiger partial charge is 0.390 e. The number of nitro groups is 1. The number of carbonyl (C=O) groups is 1. The summed E-state index contributed by atoms with van der Waals surface area (Å²) in [6, 6.07) is 5.00. The summed E-state index contributed by atoms with van der Waals surface area (Å²) in [6.45, 7) is 1.76. The molecule has 15 heavy (non-hydrogen) atoms. The van der Waals surface area contributed by atoms with Crippen LogP contribution in [0.4, 0.5) is 5.82 Å². The zero-order valence-corrected chi connectivity index (χ0v) is 7.88. The van der Waals surface area contributed by atoms with Crippen molar-refractivity contribution in [2.45, 2.75) is 6.92 Å². The number of nitrogens with zero attached hydrogens (tertiary/aromatic N) is 3. The minimum absolute atomic E-state index is 0.0507. The van der Waals surface area contributed by atoms with Crippen LogP contribution in [0.25, 0.3) is 5.52 Å². The molecule has 6 heteroatoms. The van der Waals surface area contributed by atoms with E-state index in [0.717, 1.165) is 5.69 Å². The summed E-state index contributed by atoms with van der Waals surface area (Å²) in [7, 11) is 0. The fraction of sp³-hybridized carbons (Fsp3) is 0.111. The maximum Gasteiger partial charge on any atom is 0.390 e. The molecule has 76 valence electrons. The number of fused-ring (bicyclic) bond motifs is 1. The molecule has 0 amide bonds. The lowest BCUT2D eigenvalue weighted by atomic mass is 10.3. The summed E-state index contributed by atoms with van der Waals surface area (Å²) in [5.74, 6) is -0.240. The van der Waals surface area contributed by atoms with E-state index in [4.69, 9.17) is 0 Å². The van der Waals surface area contributed by atoms with Crippen LogP contribution in [0.5, 0.6) is 0 Å². The molecule has 0 saturated carbocycles. The average Bonchev–Trinajstić information content (AvgIpc) is 2.58. The van der Waals surface area contributed by atoms with E-state index in [1.54, 1.807) is 25.1 Å². The molecule has 0 radical (unpaired) electrons. The average molecular weight is 205 g/mol. The Kier molecular flexibility index (Phi) is 1.96. The van der Waals surface area contributed by atoms with Crippen molar-refractivity contribution >= 4 is 17.6 Å². The summed E-state index contributed by atoms with van der Waals surface area (Å²) in [5.41, 5.74) is 1.07. The number of aryl methyl sites for hydroxylation is 1. The predicted molar refractivity (Wildman–Crippen MR) is 52.0 cm³/mol. The highest BCUT2D eigenvalue weighted by Gasteiger charge is 2.21. The molecular formula is C9H7N3O3. The van der Waals surface area contributed by atoms with Crippen molar-refractivity contribution in [1.82, 2.24) is 9.38 Å². The van der Waals surface area contributed by atoms with Gasteiger partial charge in [0, 0.05) is 5.69 Å². The summed E-state index contributed by atoms with van der Waals surface area (Å²) >= 11 is 0. The van der Waals surface area contributed by atoms with E-state index in [0.29, 0.717) is 11.8 Å². The van der Waals surface area contributed by atoms with Crippen LogP contribution in [-0.4, -0.2) is 20.6 Å². The third-order valence-corrected chi connectivity index (χ3v) is 2.14. The molecule has 0 atom stereocenters. The number of hydrogen-bond acceptors (Lipinski definition) is 4. The highest BCUT2D eigenvalue weighted by molar-refractivity contribution is 5.76. The Hall–Kier alpha value is -2.24. The molecule has 0 spiro atoms. The Morgan fingerprint density at radius 2 is 2.27 bits per heavy atom. The fourth-order valence-corrected chi connectivity index (χ4v) is 1.53. The van der Waals surface area contributed by atoms with E-state index in [9.17, 15) is 14.9 Å². The lowest BCUT2D eigenvalue weighted by molar-refractivity contribution is -0.387. The first kappa shape index (κ1) is 9.32. The third-order valence-electron chi connectivity index (χ3n) is 2.14. The lowest BCUT2D eigenvalue weighted by Gasteiger charge is -1.97. The Morgan fingerprint density at radius 3 is 2.87 bits per heavy atom. The van der Waals surface area contributed by atoms with Gasteiger partial charge in [0.1, 0.15) is 5.52 Å². The number of carbonyl (C=O) groups excluding carboxylic acids is 1. The fourth-order valence-electron chi connectivity index (χ4n) is 1.53. The number of aromatic nitrogens is 2. The Balaban J connectivity index is 2.93. The number of rotatable bonds is 2. The van der Waals surface area contributed by atoms with Crippen LogP contribution in [-0.2, 0) is 0 Å². The molecule has 2 heterocycles. The number of aldehydes is 1. The van der Waals surface area contributed by atoms with Gasteiger partial charge in [-0.15, -0.1) is 0 Å². The van der Waals surface area contributed by atoms with Gasteiger partial charge in [-0.2, -0.15) is 0 Å². The molecule has 0 fully saturated rings. The van der Waals surface area contributed by atoms with Crippen molar-refractivity contribution in [3.05, 3.63) is 39.8 Å². The highest BCUT2D eigenvalue weighted by atomic mass is 16.6. The van der Waals surface area contributed by atoms with Gasteiger partial charge in [0.05, 0.1) is 0 Å². The van der Waals surface area contributed by atoms with E-state index in [1.165, 1.54) is 4.40 Å². The first-order valence-electron chi connectivity index (χ1n) is 4.23. The van der Waals surface area contributed by atoms with Gasteiger partial charge in [0.25, 0.3) is 5.82 Å². The molecule has 0 aromatic carbocycles. The topological polar surface area (TPSA) is 77.5 Å².